The van der Waals surface area contributed by atoms with E-state index in [0.717, 1.165) is 0 Å². The van der Waals surface area contributed by atoms with Crippen molar-refractivity contribution in [2.45, 2.75) is 39.3 Å². The van der Waals surface area contributed by atoms with Gasteiger partial charge in [0, 0.05) is 40.4 Å². The minimum atomic E-state index is -1.26. The molecule has 32 heavy (non-hydrogen) atoms. The van der Waals surface area contributed by atoms with Gasteiger partial charge in [0.2, 0.25) is 0 Å². The Kier molecular flexibility index (Phi) is 14.7. The molecule has 1 rings (SSSR count). The molecule has 0 bridgehead atoms. The van der Waals surface area contributed by atoms with Crippen LogP contribution in [0.1, 0.15) is 38.1 Å². The van der Waals surface area contributed by atoms with Crippen molar-refractivity contribution in [2.75, 3.05) is 0 Å². The second-order valence-electron chi connectivity index (χ2n) is 7.01. The number of carboxylic acid groups (broad SMARTS) is 4. The lowest BCUT2D eigenvalue weighted by molar-refractivity contribution is -0.134. The van der Waals surface area contributed by atoms with E-state index in [1.54, 1.807) is 24.3 Å². The monoisotopic (exact) mass is 471 g/mol. The molecule has 0 amide bonds. The maximum atomic E-state index is 12.0. The van der Waals surface area contributed by atoms with Gasteiger partial charge in [0.25, 0.3) is 0 Å². The summed E-state index contributed by atoms with van der Waals surface area (Å²) in [6, 6.07) is 6.79. The van der Waals surface area contributed by atoms with Crippen LogP contribution in [-0.4, -0.2) is 61.7 Å². The minimum absolute atomic E-state index is 0.0680. The number of rotatable bonds is 7. The molecule has 0 saturated carbocycles. The molecule has 1 unspecified atom stereocenters. The van der Waals surface area contributed by atoms with Gasteiger partial charge >= 0.3 is 23.9 Å². The Hall–Kier alpha value is -3.50. The molecule has 0 aliphatic heterocycles. The van der Waals surface area contributed by atoms with Crippen LogP contribution < -0.4 is 5.32 Å². The van der Waals surface area contributed by atoms with E-state index in [0.29, 0.717) is 34.9 Å². The Labute approximate surface area is 189 Å². The van der Waals surface area contributed by atoms with Crippen molar-refractivity contribution in [3.63, 3.8) is 0 Å². The molecule has 0 saturated heterocycles. The second kappa shape index (κ2) is 15.3. The van der Waals surface area contributed by atoms with Crippen LogP contribution >= 0.6 is 11.6 Å². The van der Waals surface area contributed by atoms with Gasteiger partial charge in [0.15, 0.2) is 5.78 Å². The van der Waals surface area contributed by atoms with Gasteiger partial charge in [-0.2, -0.15) is 0 Å². The molecule has 0 aromatic heterocycles. The van der Waals surface area contributed by atoms with E-state index in [9.17, 15) is 24.0 Å². The number of benzene rings is 1. The lowest BCUT2D eigenvalue weighted by Crippen LogP contribution is -2.46. The van der Waals surface area contributed by atoms with Crippen molar-refractivity contribution in [2.24, 2.45) is 0 Å². The molecule has 1 aromatic rings. The number of ketones is 1. The Morgan fingerprint density at radius 3 is 1.34 bits per heavy atom. The van der Waals surface area contributed by atoms with E-state index < -0.39 is 23.9 Å². The zero-order valence-corrected chi connectivity index (χ0v) is 18.7. The van der Waals surface area contributed by atoms with Crippen molar-refractivity contribution in [3.8, 4) is 0 Å². The summed E-state index contributed by atoms with van der Waals surface area (Å²) < 4.78 is 0. The number of carbonyl (C=O) groups is 5. The first-order valence-corrected chi connectivity index (χ1v) is 9.28. The lowest BCUT2D eigenvalue weighted by atomic mass is 10.0. The van der Waals surface area contributed by atoms with Gasteiger partial charge in [0.05, 0.1) is 6.04 Å². The van der Waals surface area contributed by atoms with Gasteiger partial charge in [-0.05, 0) is 52.0 Å². The first-order valence-electron chi connectivity index (χ1n) is 8.90. The average Bonchev–Trinajstić information content (AvgIpc) is 2.64. The predicted octanol–water partition coefficient (Wildman–Crippen LogP) is 2.72. The zero-order valence-electron chi connectivity index (χ0n) is 17.9. The molecule has 0 aliphatic carbocycles. The quantitative estimate of drug-likeness (QED) is 0.293. The molecular weight excluding hydrogens is 446 g/mol. The van der Waals surface area contributed by atoms with Crippen LogP contribution in [0.2, 0.25) is 5.02 Å². The third-order valence-corrected chi connectivity index (χ3v) is 3.16. The smallest absolute Gasteiger partial charge is 0.328 e. The zero-order chi connectivity index (χ0) is 25.5. The number of carbonyl (C=O) groups excluding carboxylic acids is 1. The highest BCUT2D eigenvalue weighted by atomic mass is 35.5. The van der Waals surface area contributed by atoms with Crippen molar-refractivity contribution in [1.29, 1.82) is 0 Å². The van der Waals surface area contributed by atoms with Crippen LogP contribution in [0.3, 0.4) is 0 Å². The minimum Gasteiger partial charge on any atom is -0.478 e. The molecule has 1 aromatic carbocycles. The van der Waals surface area contributed by atoms with Crippen LogP contribution in [0.4, 0.5) is 0 Å². The van der Waals surface area contributed by atoms with Crippen LogP contribution in [0.25, 0.3) is 0 Å². The van der Waals surface area contributed by atoms with E-state index in [-0.39, 0.29) is 17.4 Å². The highest BCUT2D eigenvalue weighted by molar-refractivity contribution is 6.30. The van der Waals surface area contributed by atoms with Crippen LogP contribution in [0.5, 0.6) is 0 Å². The summed E-state index contributed by atoms with van der Waals surface area (Å²) >= 11 is 5.78. The Morgan fingerprint density at radius 2 is 1.09 bits per heavy atom. The molecule has 5 N–H and O–H groups in total. The number of Topliss-reactive ketones (excluding diaryl/α,β-unsaturated/α-hetero) is 1. The highest BCUT2D eigenvalue weighted by Gasteiger charge is 2.20. The summed E-state index contributed by atoms with van der Waals surface area (Å²) in [5.74, 6) is -4.94. The number of carboxylic acids is 4. The largest absolute Gasteiger partial charge is 0.478 e. The summed E-state index contributed by atoms with van der Waals surface area (Å²) in [5, 5.41) is 35.1. The maximum Gasteiger partial charge on any atom is 0.328 e. The Morgan fingerprint density at radius 1 is 0.781 bits per heavy atom. The second-order valence-corrected chi connectivity index (χ2v) is 7.44. The Balaban J connectivity index is 0. The van der Waals surface area contributed by atoms with E-state index in [2.05, 4.69) is 5.32 Å². The summed E-state index contributed by atoms with van der Waals surface area (Å²) in [6.45, 7) is 8.00. The van der Waals surface area contributed by atoms with Crippen LogP contribution in [0.15, 0.2) is 48.6 Å². The molecule has 10 nitrogen and oxygen atoms in total. The fraction of sp³-hybridized carbons (Fsp3) is 0.286. The van der Waals surface area contributed by atoms with Crippen molar-refractivity contribution in [1.82, 2.24) is 5.32 Å². The molecule has 0 fully saturated rings. The van der Waals surface area contributed by atoms with Gasteiger partial charge in [-0.1, -0.05) is 11.6 Å². The third-order valence-electron chi connectivity index (χ3n) is 2.91. The predicted molar refractivity (Wildman–Crippen MR) is 117 cm³/mol. The van der Waals surface area contributed by atoms with E-state index in [1.807, 2.05) is 27.7 Å². The number of hydrogen-bond acceptors (Lipinski definition) is 6. The molecule has 0 radical (unpaired) electrons. The van der Waals surface area contributed by atoms with Gasteiger partial charge < -0.3 is 25.7 Å². The average molecular weight is 472 g/mol. The molecule has 11 heteroatoms. The lowest BCUT2D eigenvalue weighted by Gasteiger charge is -2.25. The molecule has 1 atom stereocenters. The van der Waals surface area contributed by atoms with E-state index >= 15 is 0 Å². The SMILES string of the molecule is CC(NC(C)(C)C)C(=O)c1ccc(Cl)cc1.O=C(O)C=CC(=O)O.O=C(O)C=CC(=O)O. The molecule has 176 valence electrons. The molecule has 0 spiro atoms. The third kappa shape index (κ3) is 19.8. The number of halogens is 1. The first-order chi connectivity index (χ1) is 14.5. The number of aliphatic carboxylic acids is 4. The topological polar surface area (TPSA) is 178 Å². The van der Waals surface area contributed by atoms with Crippen molar-refractivity contribution >= 4 is 41.3 Å². The van der Waals surface area contributed by atoms with Gasteiger partial charge in [-0.25, -0.2) is 19.2 Å². The number of nitrogens with one attached hydrogen (secondary N) is 1. The summed E-state index contributed by atoms with van der Waals surface area (Å²) in [4.78, 5) is 50.2. The maximum absolute atomic E-state index is 12.0. The van der Waals surface area contributed by atoms with Crippen molar-refractivity contribution < 1.29 is 44.4 Å². The standard InChI is InChI=1S/C13H18ClNO.2C4H4O4/c1-9(15-13(2,3)4)12(16)10-5-7-11(14)8-6-10;2*5-3(6)1-2-4(7)8/h5-9,15H,1-4H3;2*1-2H,(H,5,6)(H,7,8). The van der Waals surface area contributed by atoms with E-state index in [4.69, 9.17) is 32.0 Å². The Bertz CT molecular complexity index is 787. The summed E-state index contributed by atoms with van der Waals surface area (Å²) in [5.41, 5.74) is 0.621. The van der Waals surface area contributed by atoms with Crippen LogP contribution in [-0.2, 0) is 19.2 Å². The summed E-state index contributed by atoms with van der Waals surface area (Å²) in [7, 11) is 0. The van der Waals surface area contributed by atoms with Crippen LogP contribution in [0, 0.1) is 0 Å². The summed E-state index contributed by atoms with van der Waals surface area (Å²) in [6.07, 6.45) is 2.23. The fourth-order valence-electron chi connectivity index (χ4n) is 1.86. The first kappa shape index (κ1) is 30.7. The van der Waals surface area contributed by atoms with Gasteiger partial charge in [-0.15, -0.1) is 0 Å². The molecular formula is C21H26ClNO9. The molecule has 0 heterocycles. The number of hydrogen-bond donors (Lipinski definition) is 5. The normalized spacial score (nSPS) is 11.5. The molecule has 0 aliphatic rings. The highest BCUT2D eigenvalue weighted by Crippen LogP contribution is 2.12. The van der Waals surface area contributed by atoms with Gasteiger partial charge in [0.1, 0.15) is 0 Å². The van der Waals surface area contributed by atoms with E-state index in [1.165, 1.54) is 0 Å². The van der Waals surface area contributed by atoms with Gasteiger partial charge in [-0.3, -0.25) is 4.79 Å². The van der Waals surface area contributed by atoms with Crippen molar-refractivity contribution in [3.05, 3.63) is 59.2 Å². The fourth-order valence-corrected chi connectivity index (χ4v) is 1.99.